The molecule has 1 N–H and O–H groups in total. The second-order valence-electron chi connectivity index (χ2n) is 16.2. The Morgan fingerprint density at radius 1 is 0.633 bits per heavy atom. The van der Waals surface area contributed by atoms with E-state index in [0.717, 1.165) is 33.9 Å². The van der Waals surface area contributed by atoms with E-state index in [1.54, 1.807) is 0 Å². The third-order valence-electron chi connectivity index (χ3n) is 10.00. The van der Waals surface area contributed by atoms with E-state index >= 15 is 0 Å². The molecule has 0 aromatic heterocycles. The minimum atomic E-state index is -0.0116. The predicted molar refractivity (Wildman–Crippen MR) is 217 cm³/mol. The Hall–Kier alpha value is -2.82. The van der Waals surface area contributed by atoms with Crippen LogP contribution in [0.3, 0.4) is 0 Å². The molecule has 1 unspecified atom stereocenters. The Bertz CT molecular complexity index is 1730. The maximum Gasteiger partial charge on any atom is 0.130 e. The van der Waals surface area contributed by atoms with E-state index in [1.807, 2.05) is 7.11 Å². The van der Waals surface area contributed by atoms with Gasteiger partial charge < -0.3 is 9.84 Å². The van der Waals surface area contributed by atoms with Crippen molar-refractivity contribution in [3.8, 4) is 33.8 Å². The Morgan fingerprint density at radius 2 is 1.10 bits per heavy atom. The Balaban J connectivity index is 1.44. The maximum absolute atomic E-state index is 11.7. The van der Waals surface area contributed by atoms with E-state index in [9.17, 15) is 5.11 Å². The topological polar surface area (TPSA) is 29.5 Å². The lowest BCUT2D eigenvalue weighted by molar-refractivity contribution is 0.412. The van der Waals surface area contributed by atoms with Gasteiger partial charge >= 0.3 is 0 Å². The molecule has 1 aliphatic rings. The van der Waals surface area contributed by atoms with E-state index in [1.165, 1.54) is 77.5 Å². The molecule has 2 nitrogen and oxygen atoms in total. The maximum atomic E-state index is 11.7. The van der Waals surface area contributed by atoms with Gasteiger partial charge in [-0.1, -0.05) is 139 Å². The lowest BCUT2D eigenvalue weighted by atomic mass is 9.83. The summed E-state index contributed by atoms with van der Waals surface area (Å²) in [6, 6.07) is 26.5. The molecular weight excluding hydrogens is 637 g/mol. The summed E-state index contributed by atoms with van der Waals surface area (Å²) in [6.45, 7) is 18.0. The summed E-state index contributed by atoms with van der Waals surface area (Å²) < 4.78 is 6.22. The predicted octanol–water partition coefficient (Wildman–Crippen LogP) is 13.2. The van der Waals surface area contributed by atoms with Crippen molar-refractivity contribution in [3.63, 3.8) is 0 Å². The minimum absolute atomic E-state index is 0.0116. The highest BCUT2D eigenvalue weighted by Gasteiger charge is 2.27. The van der Waals surface area contributed by atoms with Gasteiger partial charge in [-0.05, 0) is 71.9 Å². The molecule has 0 spiro atoms. The smallest absolute Gasteiger partial charge is 0.130 e. The van der Waals surface area contributed by atoms with Crippen LogP contribution in [0.5, 0.6) is 11.5 Å². The van der Waals surface area contributed by atoms with Crippen LogP contribution < -0.4 is 4.74 Å². The van der Waals surface area contributed by atoms with E-state index in [4.69, 9.17) is 4.74 Å². The molecule has 0 aliphatic heterocycles. The number of benzene rings is 4. The summed E-state index contributed by atoms with van der Waals surface area (Å²) in [4.78, 5) is 0. The quantitative estimate of drug-likeness (QED) is 0.189. The molecule has 0 heterocycles. The van der Waals surface area contributed by atoms with Crippen LogP contribution in [-0.2, 0) is 22.3 Å². The van der Waals surface area contributed by atoms with Crippen molar-refractivity contribution >= 4 is 23.5 Å². The number of aromatic hydroxyl groups is 1. The molecule has 49 heavy (non-hydrogen) atoms. The highest BCUT2D eigenvalue weighted by molar-refractivity contribution is 8.03. The molecule has 1 fully saturated rings. The van der Waals surface area contributed by atoms with Crippen molar-refractivity contribution < 1.29 is 9.84 Å². The molecule has 1 aliphatic carbocycles. The van der Waals surface area contributed by atoms with Crippen molar-refractivity contribution in [1.29, 1.82) is 0 Å². The number of phenolic OH excluding ortho intramolecular Hbond substituents is 1. The number of ether oxygens (including phenoxy) is 1. The largest absolute Gasteiger partial charge is 0.507 e. The highest BCUT2D eigenvalue weighted by atomic mass is 32.2. The first-order valence-electron chi connectivity index (χ1n) is 18.2. The van der Waals surface area contributed by atoms with E-state index < -0.39 is 0 Å². The average Bonchev–Trinajstić information content (AvgIpc) is 3.03. The number of methoxy groups -OCH3 is 1. The summed E-state index contributed by atoms with van der Waals surface area (Å²) in [6.07, 6.45) is 7.65. The van der Waals surface area contributed by atoms with Crippen LogP contribution in [0.1, 0.15) is 113 Å². The number of aryl methyl sites for hydroxylation is 2. The SMILES string of the molecule is COc1c(CS[C@H]2CCCCCCC2SCc2cc(C(C)(C)C)cc(-c3cccc(C)c3)c2O)cc(C(C)(C)C)cc1-c1cccc(C)c1. The van der Waals surface area contributed by atoms with Crippen LogP contribution >= 0.6 is 23.5 Å². The first kappa shape index (κ1) is 37.4. The molecule has 0 bridgehead atoms. The third kappa shape index (κ3) is 9.50. The van der Waals surface area contributed by atoms with E-state index in [0.29, 0.717) is 16.2 Å². The summed E-state index contributed by atoms with van der Waals surface area (Å²) in [5, 5.41) is 12.8. The lowest BCUT2D eigenvalue weighted by Gasteiger charge is -2.30. The van der Waals surface area contributed by atoms with E-state index in [2.05, 4.69) is 152 Å². The summed E-state index contributed by atoms with van der Waals surface area (Å²) in [5.41, 5.74) is 11.9. The summed E-state index contributed by atoms with van der Waals surface area (Å²) >= 11 is 4.19. The molecule has 4 aromatic carbocycles. The first-order valence-corrected chi connectivity index (χ1v) is 20.3. The minimum Gasteiger partial charge on any atom is -0.507 e. The van der Waals surface area contributed by atoms with Crippen molar-refractivity contribution in [2.24, 2.45) is 0 Å². The van der Waals surface area contributed by atoms with Crippen LogP contribution in [0.2, 0.25) is 0 Å². The van der Waals surface area contributed by atoms with Crippen LogP contribution in [-0.4, -0.2) is 22.7 Å². The second kappa shape index (κ2) is 16.0. The van der Waals surface area contributed by atoms with Crippen molar-refractivity contribution in [2.75, 3.05) is 7.11 Å². The number of thioether (sulfide) groups is 2. The number of hydrogen-bond donors (Lipinski definition) is 1. The van der Waals surface area contributed by atoms with Crippen molar-refractivity contribution in [3.05, 3.63) is 106 Å². The van der Waals surface area contributed by atoms with E-state index in [-0.39, 0.29) is 10.8 Å². The van der Waals surface area contributed by atoms with Crippen LogP contribution in [0.25, 0.3) is 22.3 Å². The van der Waals surface area contributed by atoms with Gasteiger partial charge in [0.15, 0.2) is 0 Å². The average molecular weight is 695 g/mol. The molecule has 4 aromatic rings. The fourth-order valence-electron chi connectivity index (χ4n) is 6.96. The number of rotatable bonds is 9. The van der Waals surface area contributed by atoms with Gasteiger partial charge in [-0.15, -0.1) is 0 Å². The fraction of sp³-hybridized carbons (Fsp3) is 0.467. The number of phenols is 1. The fourth-order valence-corrected chi connectivity index (χ4v) is 10.0. The third-order valence-corrected chi connectivity index (χ3v) is 13.1. The van der Waals surface area contributed by atoms with Gasteiger partial charge in [-0.25, -0.2) is 0 Å². The van der Waals surface area contributed by atoms with Crippen molar-refractivity contribution in [1.82, 2.24) is 0 Å². The van der Waals surface area contributed by atoms with Crippen LogP contribution in [0.15, 0.2) is 72.8 Å². The van der Waals surface area contributed by atoms with Gasteiger partial charge in [0, 0.05) is 44.3 Å². The van der Waals surface area contributed by atoms with Gasteiger partial charge in [0.25, 0.3) is 0 Å². The monoisotopic (exact) mass is 694 g/mol. The summed E-state index contributed by atoms with van der Waals surface area (Å²) in [5.74, 6) is 3.19. The zero-order valence-electron chi connectivity index (χ0n) is 31.4. The zero-order valence-corrected chi connectivity index (χ0v) is 33.0. The number of hydrogen-bond acceptors (Lipinski definition) is 4. The normalized spacial score (nSPS) is 17.4. The standard InChI is InChI=1S/C45H58O2S2/c1-30-16-14-18-32(22-30)38-26-36(44(3,4)5)24-34(42(38)46)28-48-40-20-12-10-11-13-21-41(40)49-29-35-25-37(45(6,7)8)27-39(43(35)47-9)33-19-15-17-31(2)23-33/h14-19,22-27,40-41,46H,10-13,20-21,28-29H2,1-9H3/t40?,41-/m0/s1. The molecule has 5 rings (SSSR count). The van der Waals surface area contributed by atoms with Crippen LogP contribution in [0, 0.1) is 13.8 Å². The highest BCUT2D eigenvalue weighted by Crippen LogP contribution is 2.44. The van der Waals surface area contributed by atoms with Gasteiger partial charge in [0.2, 0.25) is 0 Å². The molecule has 0 radical (unpaired) electrons. The second-order valence-corrected chi connectivity index (χ2v) is 18.6. The van der Waals surface area contributed by atoms with Gasteiger partial charge in [0.05, 0.1) is 7.11 Å². The Kier molecular flexibility index (Phi) is 12.2. The molecular formula is C45H58O2S2. The molecule has 2 atom stereocenters. The summed E-state index contributed by atoms with van der Waals surface area (Å²) in [7, 11) is 1.83. The Morgan fingerprint density at radius 3 is 1.59 bits per heavy atom. The van der Waals surface area contributed by atoms with Crippen LogP contribution in [0.4, 0.5) is 0 Å². The molecule has 0 saturated heterocycles. The molecule has 0 amide bonds. The molecule has 262 valence electrons. The van der Waals surface area contributed by atoms with Crippen molar-refractivity contribution in [2.45, 2.75) is 127 Å². The van der Waals surface area contributed by atoms with Gasteiger partial charge in [-0.3, -0.25) is 0 Å². The zero-order chi connectivity index (χ0) is 35.3. The molecule has 4 heteroatoms. The molecule has 1 saturated carbocycles. The Labute approximate surface area is 305 Å². The first-order chi connectivity index (χ1) is 23.2. The lowest BCUT2D eigenvalue weighted by Crippen LogP contribution is -2.22. The van der Waals surface area contributed by atoms with Gasteiger partial charge in [-0.2, -0.15) is 23.5 Å². The van der Waals surface area contributed by atoms with Gasteiger partial charge in [0.1, 0.15) is 11.5 Å².